The van der Waals surface area contributed by atoms with Crippen molar-refractivity contribution in [2.75, 3.05) is 13.6 Å². The number of hydrogen-bond donors (Lipinski definition) is 4. The van der Waals surface area contributed by atoms with E-state index in [0.29, 0.717) is 24.3 Å². The van der Waals surface area contributed by atoms with E-state index in [1.807, 2.05) is 20.9 Å². The average molecular weight is 523 g/mol. The van der Waals surface area contributed by atoms with Gasteiger partial charge in [0.2, 0.25) is 0 Å². The number of likely N-dealkylation sites (tertiary alicyclic amines) is 1. The number of phenolic OH excluding ortho intramolecular Hbond substituents is 1. The number of rotatable bonds is 5. The molecule has 0 radical (unpaired) electrons. The molecule has 1 spiro atoms. The number of aliphatic hydroxyl groups excluding tert-OH is 1. The highest BCUT2D eigenvalue weighted by molar-refractivity contribution is 5.87. The zero-order valence-corrected chi connectivity index (χ0v) is 22.0. The lowest BCUT2D eigenvalue weighted by Crippen LogP contribution is -2.71. The van der Waals surface area contributed by atoms with Crippen LogP contribution in [0.5, 0.6) is 11.5 Å². The average Bonchev–Trinajstić information content (AvgIpc) is 3.28. The molecule has 2 heterocycles. The molecule has 1 amide bonds. The third kappa shape index (κ3) is 3.80. The van der Waals surface area contributed by atoms with Crippen molar-refractivity contribution in [1.29, 1.82) is 0 Å². The minimum Gasteiger partial charge on any atom is -0.504 e. The normalized spacial score (nSPS) is 29.6. The van der Waals surface area contributed by atoms with E-state index in [0.717, 1.165) is 11.1 Å². The Bertz CT molecular complexity index is 1300. The summed E-state index contributed by atoms with van der Waals surface area (Å²) >= 11 is 0. The van der Waals surface area contributed by atoms with E-state index in [2.05, 4.69) is 10.2 Å². The number of nitrogens with zero attached hydrogens (tertiary/aromatic N) is 1. The Balaban J connectivity index is 1.42. The molecule has 4 N–H and O–H groups in total. The summed E-state index contributed by atoms with van der Waals surface area (Å²) in [5.41, 5.74) is -0.176. The smallest absolute Gasteiger partial charge is 0.333 e. The number of ether oxygens (including phenoxy) is 2. The van der Waals surface area contributed by atoms with E-state index in [-0.39, 0.29) is 24.0 Å². The predicted molar refractivity (Wildman–Crippen MR) is 138 cm³/mol. The highest BCUT2D eigenvalue weighted by Crippen LogP contribution is 2.62. The number of esters is 1. The largest absolute Gasteiger partial charge is 0.504 e. The van der Waals surface area contributed by atoms with Crippen LogP contribution in [0.4, 0.5) is 0 Å². The quantitative estimate of drug-likeness (QED) is 0.440. The van der Waals surface area contributed by atoms with Crippen molar-refractivity contribution >= 4 is 11.9 Å². The van der Waals surface area contributed by atoms with Gasteiger partial charge in [0.25, 0.3) is 5.91 Å². The van der Waals surface area contributed by atoms with Gasteiger partial charge < -0.3 is 35.0 Å². The number of aromatic hydroxyl groups is 1. The number of likely N-dealkylation sites (N-methyl/N-ethyl adjacent to an activating group) is 1. The zero-order chi connectivity index (χ0) is 27.4. The third-order valence-corrected chi connectivity index (χ3v) is 8.63. The second-order valence-electron chi connectivity index (χ2n) is 10.7. The monoisotopic (exact) mass is 522 g/mol. The molecule has 0 bridgehead atoms. The highest BCUT2D eigenvalue weighted by Gasteiger charge is 2.69. The van der Waals surface area contributed by atoms with E-state index in [9.17, 15) is 24.9 Å². The molecule has 0 unspecified atom stereocenters. The predicted octanol–water partition coefficient (Wildman–Crippen LogP) is 2.22. The van der Waals surface area contributed by atoms with Crippen molar-refractivity contribution in [3.63, 3.8) is 0 Å². The van der Waals surface area contributed by atoms with Gasteiger partial charge in [0.15, 0.2) is 23.7 Å². The number of hydrogen-bond acceptors (Lipinski definition) is 8. The Hall–Kier alpha value is -3.40. The molecule has 2 aliphatic heterocycles. The van der Waals surface area contributed by atoms with Crippen molar-refractivity contribution in [2.45, 2.75) is 68.9 Å². The van der Waals surface area contributed by atoms with Gasteiger partial charge in [0.1, 0.15) is 11.8 Å². The molecule has 1 aliphatic carbocycles. The van der Waals surface area contributed by atoms with Crippen molar-refractivity contribution in [2.24, 2.45) is 0 Å². The molecule has 1 saturated heterocycles. The summed E-state index contributed by atoms with van der Waals surface area (Å²) < 4.78 is 12.1. The molecule has 2 aromatic carbocycles. The summed E-state index contributed by atoms with van der Waals surface area (Å²) in [6, 6.07) is 10.5. The molecule has 2 aromatic rings. The van der Waals surface area contributed by atoms with E-state index < -0.39 is 41.1 Å². The van der Waals surface area contributed by atoms with Gasteiger partial charge in [-0.05, 0) is 64.1 Å². The molecular formula is C29H34N2O7. The number of amides is 1. The maximum absolute atomic E-state index is 13.1. The molecule has 5 rings (SSSR count). The summed E-state index contributed by atoms with van der Waals surface area (Å²) in [5, 5.41) is 35.8. The molecule has 202 valence electrons. The summed E-state index contributed by atoms with van der Waals surface area (Å²) in [5.74, 6) is -0.965. The van der Waals surface area contributed by atoms with Crippen LogP contribution in [-0.4, -0.2) is 69.5 Å². The van der Waals surface area contributed by atoms with Gasteiger partial charge in [-0.15, -0.1) is 0 Å². The topological polar surface area (TPSA) is 129 Å². The summed E-state index contributed by atoms with van der Waals surface area (Å²) in [4.78, 5) is 27.8. The lowest BCUT2D eigenvalue weighted by Gasteiger charge is -2.58. The Kier molecular flexibility index (Phi) is 6.49. The van der Waals surface area contributed by atoms with Crippen LogP contribution < -0.4 is 10.1 Å². The molecule has 9 nitrogen and oxygen atoms in total. The van der Waals surface area contributed by atoms with Crippen molar-refractivity contribution < 1.29 is 34.4 Å². The van der Waals surface area contributed by atoms with Crippen LogP contribution in [0.3, 0.4) is 0 Å². The van der Waals surface area contributed by atoms with Gasteiger partial charge >= 0.3 is 5.97 Å². The molecule has 1 fully saturated rings. The second kappa shape index (κ2) is 9.41. The fourth-order valence-corrected chi connectivity index (χ4v) is 6.35. The standard InChI is InChI=1S/C29H34N2O7/c1-16-10-11-20(32)24-22(16)28-14-15-31(4)18(3)29(28,36)13-12-21(25(28)38-24)37-27(35)17(2)30-26(34)23(33)19-8-6-5-7-9-19/h5-12,17-18,23,25,32-33,36H,13-15H2,1-4H3,(H,30,34)/t17-,18+,23-,25-,28-,29+/m0/s1. The molecule has 0 aromatic heterocycles. The Morgan fingerprint density at radius 2 is 1.92 bits per heavy atom. The van der Waals surface area contributed by atoms with Crippen LogP contribution in [0.15, 0.2) is 54.3 Å². The molecule has 3 aliphatic rings. The summed E-state index contributed by atoms with van der Waals surface area (Å²) in [6.45, 7) is 6.03. The molecule has 9 heteroatoms. The van der Waals surface area contributed by atoms with E-state index in [4.69, 9.17) is 9.47 Å². The fourth-order valence-electron chi connectivity index (χ4n) is 6.35. The van der Waals surface area contributed by atoms with Gasteiger partial charge in [-0.1, -0.05) is 36.4 Å². The number of carbonyl (C=O) groups is 2. The van der Waals surface area contributed by atoms with E-state index in [1.54, 1.807) is 48.5 Å². The number of piperidine rings is 1. The second-order valence-corrected chi connectivity index (χ2v) is 10.7. The van der Waals surface area contributed by atoms with Gasteiger partial charge in [-0.2, -0.15) is 0 Å². The minimum absolute atomic E-state index is 0.0375. The fraction of sp³-hybridized carbons (Fsp3) is 0.448. The van der Waals surface area contributed by atoms with Crippen LogP contribution in [0.25, 0.3) is 0 Å². The van der Waals surface area contributed by atoms with Crippen LogP contribution >= 0.6 is 0 Å². The van der Waals surface area contributed by atoms with Gasteiger partial charge in [0, 0.05) is 18.0 Å². The van der Waals surface area contributed by atoms with Crippen molar-refractivity contribution in [1.82, 2.24) is 10.2 Å². The first-order chi connectivity index (χ1) is 18.0. The van der Waals surface area contributed by atoms with Crippen LogP contribution in [0, 0.1) is 6.92 Å². The first-order valence-electron chi connectivity index (χ1n) is 12.9. The molecule has 6 atom stereocenters. The Morgan fingerprint density at radius 1 is 1.21 bits per heavy atom. The zero-order valence-electron chi connectivity index (χ0n) is 22.0. The number of benzene rings is 2. The SMILES string of the molecule is Cc1ccc(O)c2c1[C@]13CCN(C)[C@H](C)[C@]1(O)CC=C(OC(=O)[C@H](C)NC(=O)[C@@H](O)c1ccccc1)[C@@H]3O2. The van der Waals surface area contributed by atoms with Gasteiger partial charge in [-0.3, -0.25) is 4.79 Å². The first-order valence-corrected chi connectivity index (χ1v) is 12.9. The molecule has 38 heavy (non-hydrogen) atoms. The summed E-state index contributed by atoms with van der Waals surface area (Å²) in [7, 11) is 1.96. The van der Waals surface area contributed by atoms with Crippen LogP contribution in [0.2, 0.25) is 0 Å². The van der Waals surface area contributed by atoms with Crippen molar-refractivity contribution in [3.8, 4) is 11.5 Å². The van der Waals surface area contributed by atoms with Crippen LogP contribution in [0.1, 0.15) is 49.5 Å². The number of nitrogens with one attached hydrogen (secondary N) is 1. The lowest BCUT2D eigenvalue weighted by molar-refractivity contribution is -0.163. The summed E-state index contributed by atoms with van der Waals surface area (Å²) in [6.07, 6.45) is 0.126. The Morgan fingerprint density at radius 3 is 2.63 bits per heavy atom. The third-order valence-electron chi connectivity index (χ3n) is 8.63. The van der Waals surface area contributed by atoms with Gasteiger partial charge in [-0.25, -0.2) is 4.79 Å². The highest BCUT2D eigenvalue weighted by atomic mass is 16.6. The lowest BCUT2D eigenvalue weighted by atomic mass is 9.54. The number of aliphatic hydroxyl groups is 2. The van der Waals surface area contributed by atoms with E-state index >= 15 is 0 Å². The number of fused-ring (bicyclic) bond motifs is 1. The first kappa shape index (κ1) is 26.2. The van der Waals surface area contributed by atoms with E-state index in [1.165, 1.54) is 6.92 Å². The maximum atomic E-state index is 13.1. The Labute approximate surface area is 221 Å². The molecule has 0 saturated carbocycles. The number of aryl methyl sites for hydroxylation is 1. The van der Waals surface area contributed by atoms with Crippen LogP contribution in [-0.2, 0) is 19.7 Å². The molecular weight excluding hydrogens is 488 g/mol. The number of carbonyl (C=O) groups excluding carboxylic acids is 2. The van der Waals surface area contributed by atoms with Crippen molar-refractivity contribution in [3.05, 3.63) is 71.0 Å². The number of phenols is 1. The maximum Gasteiger partial charge on any atom is 0.333 e. The minimum atomic E-state index is -1.43. The van der Waals surface area contributed by atoms with Gasteiger partial charge in [0.05, 0.1) is 11.0 Å².